The topological polar surface area (TPSA) is 78.5 Å². The van der Waals surface area contributed by atoms with Gasteiger partial charge in [-0.15, -0.1) is 0 Å². The van der Waals surface area contributed by atoms with Crippen molar-refractivity contribution in [1.82, 2.24) is 10.2 Å². The minimum atomic E-state index is -0.245. The maximum atomic E-state index is 13.1. The SMILES string of the molecule is COc1cccc(C[C@H]2C(=O)N(c3ccc(-c4cn[nH]c4)cc3)C[C@@H]2CO)c1. The first-order valence-corrected chi connectivity index (χ1v) is 9.34. The lowest BCUT2D eigenvalue weighted by atomic mass is 9.89. The normalized spacial score (nSPS) is 19.2. The van der Waals surface area contributed by atoms with Crippen LogP contribution in [0, 0.1) is 11.8 Å². The van der Waals surface area contributed by atoms with Crippen LogP contribution < -0.4 is 9.64 Å². The molecule has 0 bridgehead atoms. The second kappa shape index (κ2) is 7.86. The monoisotopic (exact) mass is 377 g/mol. The summed E-state index contributed by atoms with van der Waals surface area (Å²) in [5.41, 5.74) is 3.93. The molecule has 1 saturated heterocycles. The summed E-state index contributed by atoms with van der Waals surface area (Å²) in [6, 6.07) is 15.6. The molecule has 0 spiro atoms. The Morgan fingerprint density at radius 2 is 2.04 bits per heavy atom. The number of anilines is 1. The van der Waals surface area contributed by atoms with Crippen LogP contribution in [-0.4, -0.2) is 41.5 Å². The molecule has 0 aliphatic carbocycles. The van der Waals surface area contributed by atoms with E-state index in [4.69, 9.17) is 4.74 Å². The van der Waals surface area contributed by atoms with Gasteiger partial charge in [0.1, 0.15) is 5.75 Å². The molecule has 2 heterocycles. The van der Waals surface area contributed by atoms with Crippen LogP contribution in [0.4, 0.5) is 5.69 Å². The number of H-pyrrole nitrogens is 1. The standard InChI is InChI=1S/C22H23N3O3/c1-28-20-4-2-3-15(9-20)10-21-18(14-26)13-25(22(21)27)19-7-5-16(6-8-19)17-11-23-24-12-17/h2-9,11-12,18,21,26H,10,13-14H2,1H3,(H,23,24)/t18-,21-/m1/s1. The average molecular weight is 377 g/mol. The summed E-state index contributed by atoms with van der Waals surface area (Å²) in [5.74, 6) is 0.492. The Morgan fingerprint density at radius 1 is 1.21 bits per heavy atom. The Balaban J connectivity index is 1.54. The molecule has 6 nitrogen and oxygen atoms in total. The molecular formula is C22H23N3O3. The fourth-order valence-electron chi connectivity index (χ4n) is 3.82. The lowest BCUT2D eigenvalue weighted by Crippen LogP contribution is -2.27. The van der Waals surface area contributed by atoms with Gasteiger partial charge in [-0.3, -0.25) is 9.89 Å². The van der Waals surface area contributed by atoms with Crippen molar-refractivity contribution in [3.63, 3.8) is 0 Å². The van der Waals surface area contributed by atoms with Crippen LogP contribution in [-0.2, 0) is 11.2 Å². The van der Waals surface area contributed by atoms with E-state index >= 15 is 0 Å². The Hall–Kier alpha value is -3.12. The quantitative estimate of drug-likeness (QED) is 0.692. The highest BCUT2D eigenvalue weighted by atomic mass is 16.5. The molecule has 4 rings (SSSR count). The number of rotatable bonds is 6. The van der Waals surface area contributed by atoms with Crippen molar-refractivity contribution in [2.75, 3.05) is 25.2 Å². The highest BCUT2D eigenvalue weighted by Crippen LogP contribution is 2.33. The summed E-state index contributed by atoms with van der Waals surface area (Å²) in [5, 5.41) is 16.6. The van der Waals surface area contributed by atoms with Gasteiger partial charge >= 0.3 is 0 Å². The van der Waals surface area contributed by atoms with Gasteiger partial charge in [0.05, 0.1) is 13.3 Å². The van der Waals surface area contributed by atoms with Crippen molar-refractivity contribution >= 4 is 11.6 Å². The van der Waals surface area contributed by atoms with Gasteiger partial charge in [0.25, 0.3) is 0 Å². The number of ether oxygens (including phenoxy) is 1. The minimum Gasteiger partial charge on any atom is -0.497 e. The van der Waals surface area contributed by atoms with Crippen LogP contribution in [0.25, 0.3) is 11.1 Å². The number of nitrogens with zero attached hydrogens (tertiary/aromatic N) is 2. The van der Waals surface area contributed by atoms with Gasteiger partial charge in [0, 0.05) is 42.4 Å². The molecule has 3 aromatic rings. The zero-order valence-corrected chi connectivity index (χ0v) is 15.7. The first-order chi connectivity index (χ1) is 13.7. The molecule has 0 unspecified atom stereocenters. The van der Waals surface area contributed by atoms with E-state index in [1.54, 1.807) is 18.2 Å². The van der Waals surface area contributed by atoms with E-state index in [0.29, 0.717) is 13.0 Å². The molecule has 0 saturated carbocycles. The summed E-state index contributed by atoms with van der Waals surface area (Å²) in [7, 11) is 1.63. The molecule has 28 heavy (non-hydrogen) atoms. The fourth-order valence-corrected chi connectivity index (χ4v) is 3.82. The maximum Gasteiger partial charge on any atom is 0.230 e. The van der Waals surface area contributed by atoms with E-state index in [1.807, 2.05) is 54.7 Å². The zero-order chi connectivity index (χ0) is 19.5. The third-order valence-corrected chi connectivity index (χ3v) is 5.40. The van der Waals surface area contributed by atoms with E-state index in [2.05, 4.69) is 10.2 Å². The first-order valence-electron chi connectivity index (χ1n) is 9.34. The third-order valence-electron chi connectivity index (χ3n) is 5.40. The van der Waals surface area contributed by atoms with Gasteiger partial charge in [0.2, 0.25) is 5.91 Å². The van der Waals surface area contributed by atoms with Gasteiger partial charge in [-0.25, -0.2) is 0 Å². The van der Waals surface area contributed by atoms with Gasteiger partial charge in [-0.1, -0.05) is 24.3 Å². The highest BCUT2D eigenvalue weighted by molar-refractivity contribution is 5.98. The molecule has 2 atom stereocenters. The molecule has 1 fully saturated rings. The molecule has 1 aromatic heterocycles. The number of carbonyl (C=O) groups is 1. The van der Waals surface area contributed by atoms with Crippen molar-refractivity contribution in [2.24, 2.45) is 11.8 Å². The van der Waals surface area contributed by atoms with Crippen molar-refractivity contribution in [3.05, 3.63) is 66.5 Å². The number of aliphatic hydroxyl groups is 1. The third kappa shape index (κ3) is 3.51. The van der Waals surface area contributed by atoms with Crippen LogP contribution in [0.5, 0.6) is 5.75 Å². The lowest BCUT2D eigenvalue weighted by Gasteiger charge is -2.17. The van der Waals surface area contributed by atoms with E-state index in [9.17, 15) is 9.90 Å². The molecule has 1 amide bonds. The largest absolute Gasteiger partial charge is 0.497 e. The molecule has 6 heteroatoms. The number of hydrogen-bond donors (Lipinski definition) is 2. The molecule has 2 N–H and O–H groups in total. The van der Waals surface area contributed by atoms with Gasteiger partial charge in [-0.2, -0.15) is 5.10 Å². The first kappa shape index (κ1) is 18.3. The van der Waals surface area contributed by atoms with Crippen LogP contribution in [0.3, 0.4) is 0 Å². The smallest absolute Gasteiger partial charge is 0.230 e. The summed E-state index contributed by atoms with van der Waals surface area (Å²) in [6.45, 7) is 0.513. The maximum absolute atomic E-state index is 13.1. The molecule has 0 radical (unpaired) electrons. The number of aromatic nitrogens is 2. The average Bonchev–Trinajstić information content (AvgIpc) is 3.38. The summed E-state index contributed by atoms with van der Waals surface area (Å²) < 4.78 is 5.28. The van der Waals surface area contributed by atoms with Crippen molar-refractivity contribution in [1.29, 1.82) is 0 Å². The van der Waals surface area contributed by atoms with E-state index in [-0.39, 0.29) is 24.3 Å². The van der Waals surface area contributed by atoms with Gasteiger partial charge in [0.15, 0.2) is 0 Å². The summed E-state index contributed by atoms with van der Waals surface area (Å²) in [6.07, 6.45) is 4.19. The fraction of sp³-hybridized carbons (Fsp3) is 0.273. The van der Waals surface area contributed by atoms with Gasteiger partial charge in [-0.05, 0) is 41.8 Å². The van der Waals surface area contributed by atoms with Crippen LogP contribution >= 0.6 is 0 Å². The highest BCUT2D eigenvalue weighted by Gasteiger charge is 2.40. The number of benzene rings is 2. The number of amides is 1. The van der Waals surface area contributed by atoms with Crippen LogP contribution in [0.1, 0.15) is 5.56 Å². The predicted molar refractivity (Wildman–Crippen MR) is 107 cm³/mol. The number of aliphatic hydroxyl groups excluding tert-OH is 1. The Bertz CT molecular complexity index is 938. The number of methoxy groups -OCH3 is 1. The summed E-state index contributed by atoms with van der Waals surface area (Å²) in [4.78, 5) is 14.9. The molecule has 2 aromatic carbocycles. The van der Waals surface area contributed by atoms with E-state index in [1.165, 1.54) is 0 Å². The van der Waals surface area contributed by atoms with E-state index in [0.717, 1.165) is 28.1 Å². The number of hydrogen-bond acceptors (Lipinski definition) is 4. The van der Waals surface area contributed by atoms with Crippen molar-refractivity contribution in [3.8, 4) is 16.9 Å². The Labute approximate surface area is 163 Å². The summed E-state index contributed by atoms with van der Waals surface area (Å²) >= 11 is 0. The molecule has 144 valence electrons. The molecular weight excluding hydrogens is 354 g/mol. The minimum absolute atomic E-state index is 0.00994. The second-order valence-electron chi connectivity index (χ2n) is 7.09. The van der Waals surface area contributed by atoms with E-state index < -0.39 is 0 Å². The molecule has 1 aliphatic rings. The Kier molecular flexibility index (Phi) is 5.12. The van der Waals surface area contributed by atoms with Crippen LogP contribution in [0.15, 0.2) is 60.9 Å². The van der Waals surface area contributed by atoms with Crippen molar-refractivity contribution in [2.45, 2.75) is 6.42 Å². The number of carbonyl (C=O) groups excluding carboxylic acids is 1. The van der Waals surface area contributed by atoms with Crippen LogP contribution in [0.2, 0.25) is 0 Å². The number of aromatic amines is 1. The van der Waals surface area contributed by atoms with Crippen molar-refractivity contribution < 1.29 is 14.6 Å². The zero-order valence-electron chi connectivity index (χ0n) is 15.7. The number of nitrogens with one attached hydrogen (secondary N) is 1. The predicted octanol–water partition coefficient (Wildman–Crippen LogP) is 2.90. The second-order valence-corrected chi connectivity index (χ2v) is 7.09. The lowest BCUT2D eigenvalue weighted by molar-refractivity contribution is -0.121. The Morgan fingerprint density at radius 3 is 2.71 bits per heavy atom. The molecule has 1 aliphatic heterocycles. The van der Waals surface area contributed by atoms with Gasteiger partial charge < -0.3 is 14.7 Å².